The van der Waals surface area contributed by atoms with Crippen molar-refractivity contribution >= 4 is 0 Å². The van der Waals surface area contributed by atoms with Gasteiger partial charge in [-0.2, -0.15) is 0 Å². The van der Waals surface area contributed by atoms with Crippen LogP contribution in [-0.2, 0) is 6.54 Å². The lowest BCUT2D eigenvalue weighted by Gasteiger charge is -2.09. The molecular formula is C12H16FNO. The largest absolute Gasteiger partial charge is 0.489 e. The number of nitrogens with one attached hydrogen (secondary N) is 1. The van der Waals surface area contributed by atoms with Crippen LogP contribution in [0, 0.1) is 5.82 Å². The van der Waals surface area contributed by atoms with Gasteiger partial charge in [0, 0.05) is 12.1 Å². The van der Waals surface area contributed by atoms with Gasteiger partial charge in [0.15, 0.2) is 0 Å². The molecule has 0 heterocycles. The molecule has 82 valence electrons. The molecule has 0 saturated carbocycles. The van der Waals surface area contributed by atoms with Crippen LogP contribution in [0.3, 0.4) is 0 Å². The summed E-state index contributed by atoms with van der Waals surface area (Å²) in [6.45, 7) is 3.05. The van der Waals surface area contributed by atoms with Crippen LogP contribution in [-0.4, -0.2) is 13.7 Å². The van der Waals surface area contributed by atoms with Crippen LogP contribution in [0.15, 0.2) is 30.4 Å². The van der Waals surface area contributed by atoms with Gasteiger partial charge in [-0.15, -0.1) is 0 Å². The highest BCUT2D eigenvalue weighted by molar-refractivity contribution is 5.34. The molecule has 15 heavy (non-hydrogen) atoms. The summed E-state index contributed by atoms with van der Waals surface area (Å²) in [5, 5.41) is 2.98. The van der Waals surface area contributed by atoms with E-state index in [1.54, 1.807) is 6.07 Å². The average Bonchev–Trinajstić information content (AvgIpc) is 2.22. The van der Waals surface area contributed by atoms with Gasteiger partial charge >= 0.3 is 0 Å². The van der Waals surface area contributed by atoms with E-state index in [4.69, 9.17) is 4.74 Å². The van der Waals surface area contributed by atoms with Gasteiger partial charge in [-0.25, -0.2) is 4.39 Å². The maximum absolute atomic E-state index is 13.0. The molecule has 0 aliphatic heterocycles. The first kappa shape index (κ1) is 11.7. The van der Waals surface area contributed by atoms with Gasteiger partial charge in [0.25, 0.3) is 0 Å². The second-order valence-electron chi connectivity index (χ2n) is 3.16. The smallest absolute Gasteiger partial charge is 0.124 e. The fraction of sp³-hybridized carbons (Fsp3) is 0.333. The summed E-state index contributed by atoms with van der Waals surface area (Å²) < 4.78 is 18.5. The van der Waals surface area contributed by atoms with Crippen LogP contribution in [0.1, 0.15) is 12.5 Å². The van der Waals surface area contributed by atoms with Crippen LogP contribution >= 0.6 is 0 Å². The highest BCUT2D eigenvalue weighted by Crippen LogP contribution is 2.19. The standard InChI is InChI=1S/C12H16FNO/c1-3-4-7-15-12-6-5-11(13)8-10(12)9-14-2/h3-6,8,14H,7,9H2,1-2H3/b4-3+. The van der Waals surface area contributed by atoms with Crippen LogP contribution in [0.4, 0.5) is 4.39 Å². The van der Waals surface area contributed by atoms with Gasteiger partial charge in [0.1, 0.15) is 18.2 Å². The summed E-state index contributed by atoms with van der Waals surface area (Å²) in [6, 6.07) is 4.55. The van der Waals surface area contributed by atoms with Crippen molar-refractivity contribution in [2.24, 2.45) is 0 Å². The first-order chi connectivity index (χ1) is 7.27. The Bertz CT molecular complexity index is 336. The Balaban J connectivity index is 2.75. The van der Waals surface area contributed by atoms with Crippen LogP contribution < -0.4 is 10.1 Å². The third kappa shape index (κ3) is 3.72. The SMILES string of the molecule is C/C=C/COc1ccc(F)cc1CNC. The lowest BCUT2D eigenvalue weighted by Crippen LogP contribution is -2.08. The number of allylic oxidation sites excluding steroid dienone is 1. The van der Waals surface area contributed by atoms with Crippen molar-refractivity contribution in [1.29, 1.82) is 0 Å². The Morgan fingerprint density at radius 2 is 2.27 bits per heavy atom. The van der Waals surface area contributed by atoms with E-state index in [-0.39, 0.29) is 5.82 Å². The van der Waals surface area contributed by atoms with Gasteiger partial charge < -0.3 is 10.1 Å². The summed E-state index contributed by atoms with van der Waals surface area (Å²) in [5.41, 5.74) is 0.835. The molecule has 0 radical (unpaired) electrons. The second-order valence-corrected chi connectivity index (χ2v) is 3.16. The zero-order valence-corrected chi connectivity index (χ0v) is 9.09. The number of halogens is 1. The van der Waals surface area contributed by atoms with Crippen LogP contribution in [0.2, 0.25) is 0 Å². The molecule has 0 unspecified atom stereocenters. The number of benzene rings is 1. The minimum atomic E-state index is -0.237. The van der Waals surface area contributed by atoms with Crippen molar-refractivity contribution in [3.05, 3.63) is 41.7 Å². The molecule has 0 atom stereocenters. The van der Waals surface area contributed by atoms with Gasteiger partial charge in [0.2, 0.25) is 0 Å². The highest BCUT2D eigenvalue weighted by atomic mass is 19.1. The van der Waals surface area contributed by atoms with E-state index in [2.05, 4.69) is 5.32 Å². The maximum Gasteiger partial charge on any atom is 0.124 e. The number of rotatable bonds is 5. The summed E-state index contributed by atoms with van der Waals surface area (Å²) in [5.74, 6) is 0.488. The molecule has 0 aliphatic carbocycles. The van der Waals surface area contributed by atoms with Gasteiger partial charge in [-0.1, -0.05) is 12.2 Å². The zero-order valence-electron chi connectivity index (χ0n) is 9.09. The molecule has 1 aromatic rings. The number of ether oxygens (including phenoxy) is 1. The fourth-order valence-electron chi connectivity index (χ4n) is 1.25. The van der Waals surface area contributed by atoms with E-state index in [0.717, 1.165) is 11.3 Å². The van der Waals surface area contributed by atoms with E-state index in [1.807, 2.05) is 26.1 Å². The molecule has 0 fully saturated rings. The number of hydrogen-bond acceptors (Lipinski definition) is 2. The molecule has 0 spiro atoms. The predicted molar refractivity (Wildman–Crippen MR) is 59.5 cm³/mol. The molecule has 0 amide bonds. The van der Waals surface area contributed by atoms with Crippen molar-refractivity contribution in [1.82, 2.24) is 5.32 Å². The third-order valence-electron chi connectivity index (χ3n) is 1.96. The van der Waals surface area contributed by atoms with Crippen molar-refractivity contribution < 1.29 is 9.13 Å². The first-order valence-corrected chi connectivity index (χ1v) is 4.95. The minimum Gasteiger partial charge on any atom is -0.489 e. The molecule has 1 rings (SSSR count). The molecular weight excluding hydrogens is 193 g/mol. The summed E-state index contributed by atoms with van der Waals surface area (Å²) in [4.78, 5) is 0. The quantitative estimate of drug-likeness (QED) is 0.752. The Labute approximate surface area is 89.8 Å². The molecule has 0 aromatic heterocycles. The van der Waals surface area contributed by atoms with Crippen molar-refractivity contribution in [2.75, 3.05) is 13.7 Å². The molecule has 0 bridgehead atoms. The molecule has 1 aromatic carbocycles. The predicted octanol–water partition coefficient (Wildman–Crippen LogP) is 2.50. The monoisotopic (exact) mass is 209 g/mol. The lowest BCUT2D eigenvalue weighted by atomic mass is 10.2. The van der Waals surface area contributed by atoms with Gasteiger partial charge in [0.05, 0.1) is 0 Å². The highest BCUT2D eigenvalue weighted by Gasteiger charge is 2.03. The fourth-order valence-corrected chi connectivity index (χ4v) is 1.25. The Morgan fingerprint density at radius 1 is 1.47 bits per heavy atom. The topological polar surface area (TPSA) is 21.3 Å². The van der Waals surface area contributed by atoms with E-state index in [9.17, 15) is 4.39 Å². The summed E-state index contributed by atoms with van der Waals surface area (Å²) >= 11 is 0. The second kappa shape index (κ2) is 6.19. The number of hydrogen-bond donors (Lipinski definition) is 1. The van der Waals surface area contributed by atoms with Crippen molar-refractivity contribution in [3.63, 3.8) is 0 Å². The minimum absolute atomic E-state index is 0.237. The normalized spacial score (nSPS) is 10.9. The first-order valence-electron chi connectivity index (χ1n) is 4.95. The third-order valence-corrected chi connectivity index (χ3v) is 1.96. The van der Waals surface area contributed by atoms with Gasteiger partial charge in [-0.3, -0.25) is 0 Å². The van der Waals surface area contributed by atoms with Crippen LogP contribution in [0.5, 0.6) is 5.75 Å². The Kier molecular flexibility index (Phi) is 4.84. The zero-order chi connectivity index (χ0) is 11.1. The van der Waals surface area contributed by atoms with E-state index in [1.165, 1.54) is 12.1 Å². The van der Waals surface area contributed by atoms with E-state index < -0.39 is 0 Å². The Morgan fingerprint density at radius 3 is 2.93 bits per heavy atom. The maximum atomic E-state index is 13.0. The van der Waals surface area contributed by atoms with E-state index in [0.29, 0.717) is 13.2 Å². The molecule has 0 saturated heterocycles. The lowest BCUT2D eigenvalue weighted by molar-refractivity contribution is 0.357. The van der Waals surface area contributed by atoms with Crippen molar-refractivity contribution in [2.45, 2.75) is 13.5 Å². The molecule has 1 N–H and O–H groups in total. The van der Waals surface area contributed by atoms with Crippen molar-refractivity contribution in [3.8, 4) is 5.75 Å². The molecule has 3 heteroatoms. The van der Waals surface area contributed by atoms with E-state index >= 15 is 0 Å². The molecule has 0 aliphatic rings. The summed E-state index contributed by atoms with van der Waals surface area (Å²) in [7, 11) is 1.82. The Hall–Kier alpha value is -1.35. The van der Waals surface area contributed by atoms with Gasteiger partial charge in [-0.05, 0) is 32.2 Å². The summed E-state index contributed by atoms with van der Waals surface area (Å²) in [6.07, 6.45) is 3.83. The average molecular weight is 209 g/mol. The van der Waals surface area contributed by atoms with Crippen LogP contribution in [0.25, 0.3) is 0 Å². The molecule has 2 nitrogen and oxygen atoms in total.